The van der Waals surface area contributed by atoms with Crippen LogP contribution in [0.5, 0.6) is 0 Å². The Balaban J connectivity index is 2.26. The van der Waals surface area contributed by atoms with Crippen LogP contribution in [0.4, 0.5) is 13.2 Å². The van der Waals surface area contributed by atoms with E-state index in [9.17, 15) is 27.6 Å². The molecule has 2 rings (SSSR count). The highest BCUT2D eigenvalue weighted by molar-refractivity contribution is 5.94. The lowest BCUT2D eigenvalue weighted by Crippen LogP contribution is -2.60. The van der Waals surface area contributed by atoms with Gasteiger partial charge in [-0.3, -0.25) is 14.4 Å². The van der Waals surface area contributed by atoms with E-state index in [0.29, 0.717) is 0 Å². The SMILES string of the molecule is CC(C)(C)[C@H](NC(=O)C(F)(F)F)C(=O)N1C[C@H]2[C@@H]([C@H]1C(N)=O)C2(C)C. The fourth-order valence-corrected chi connectivity index (χ4v) is 3.87. The summed E-state index contributed by atoms with van der Waals surface area (Å²) in [6, 6.07) is -2.27. The van der Waals surface area contributed by atoms with E-state index >= 15 is 0 Å². The maximum absolute atomic E-state index is 12.9. The molecule has 3 N–H and O–H groups in total. The van der Waals surface area contributed by atoms with E-state index in [2.05, 4.69) is 0 Å². The first-order chi connectivity index (χ1) is 11.1. The summed E-state index contributed by atoms with van der Waals surface area (Å²) in [5.74, 6) is -3.60. The lowest BCUT2D eigenvalue weighted by atomic mass is 9.85. The molecule has 2 fully saturated rings. The molecule has 25 heavy (non-hydrogen) atoms. The number of carbonyl (C=O) groups is 3. The summed E-state index contributed by atoms with van der Waals surface area (Å²) >= 11 is 0. The van der Waals surface area contributed by atoms with E-state index in [1.807, 2.05) is 13.8 Å². The summed E-state index contributed by atoms with van der Waals surface area (Å²) in [6.45, 7) is 8.82. The van der Waals surface area contributed by atoms with Crippen LogP contribution in [-0.2, 0) is 14.4 Å². The fourth-order valence-electron chi connectivity index (χ4n) is 3.87. The molecule has 6 nitrogen and oxygen atoms in total. The molecule has 0 aromatic heterocycles. The normalized spacial score (nSPS) is 29.0. The van der Waals surface area contributed by atoms with E-state index in [1.165, 1.54) is 4.90 Å². The number of hydrogen-bond donors (Lipinski definition) is 2. The monoisotopic (exact) mass is 363 g/mol. The number of carbonyl (C=O) groups excluding carboxylic acids is 3. The zero-order valence-electron chi connectivity index (χ0n) is 14.9. The first-order valence-corrected chi connectivity index (χ1v) is 8.07. The van der Waals surface area contributed by atoms with Crippen LogP contribution in [0.3, 0.4) is 0 Å². The topological polar surface area (TPSA) is 92.5 Å². The van der Waals surface area contributed by atoms with Gasteiger partial charge in [-0.15, -0.1) is 0 Å². The number of rotatable bonds is 3. The van der Waals surface area contributed by atoms with Crippen LogP contribution in [0.1, 0.15) is 34.6 Å². The number of likely N-dealkylation sites (tertiary alicyclic amines) is 1. The van der Waals surface area contributed by atoms with Crippen LogP contribution in [0.2, 0.25) is 0 Å². The van der Waals surface area contributed by atoms with Gasteiger partial charge < -0.3 is 16.0 Å². The molecular formula is C16H24F3N3O3. The van der Waals surface area contributed by atoms with Crippen molar-refractivity contribution in [3.63, 3.8) is 0 Å². The van der Waals surface area contributed by atoms with Crippen molar-refractivity contribution in [1.29, 1.82) is 0 Å². The number of nitrogens with two attached hydrogens (primary N) is 1. The summed E-state index contributed by atoms with van der Waals surface area (Å²) in [6.07, 6.45) is -5.10. The summed E-state index contributed by atoms with van der Waals surface area (Å²) < 4.78 is 37.8. The maximum Gasteiger partial charge on any atom is 0.471 e. The fraction of sp³-hybridized carbons (Fsp3) is 0.812. The zero-order valence-corrected chi connectivity index (χ0v) is 14.9. The molecule has 1 aliphatic heterocycles. The third-order valence-corrected chi connectivity index (χ3v) is 5.43. The van der Waals surface area contributed by atoms with Crippen molar-refractivity contribution in [3.8, 4) is 0 Å². The third-order valence-electron chi connectivity index (χ3n) is 5.43. The van der Waals surface area contributed by atoms with Crippen molar-refractivity contribution in [2.45, 2.75) is 52.9 Å². The van der Waals surface area contributed by atoms with Gasteiger partial charge >= 0.3 is 12.1 Å². The highest BCUT2D eigenvalue weighted by Crippen LogP contribution is 2.64. The molecule has 1 aliphatic carbocycles. The number of primary amides is 1. The standard InChI is InChI=1S/C16H24F3N3O3/c1-14(2,3)10(21-13(25)16(17,18)19)12(24)22-6-7-8(15(7,4)5)9(22)11(20)23/h7-10H,6H2,1-5H3,(H2,20,23)(H,21,25)/t7-,8-,9-,10+/m0/s1. The van der Waals surface area contributed by atoms with Crippen LogP contribution >= 0.6 is 0 Å². The Bertz CT molecular complexity index is 610. The Hall–Kier alpha value is -1.80. The highest BCUT2D eigenvalue weighted by Gasteiger charge is 2.69. The summed E-state index contributed by atoms with van der Waals surface area (Å²) in [5, 5.41) is 1.78. The first-order valence-electron chi connectivity index (χ1n) is 8.07. The third kappa shape index (κ3) is 3.32. The van der Waals surface area contributed by atoms with E-state index in [0.717, 1.165) is 0 Å². The summed E-state index contributed by atoms with van der Waals surface area (Å²) in [7, 11) is 0. The van der Waals surface area contributed by atoms with Crippen molar-refractivity contribution in [2.75, 3.05) is 6.54 Å². The summed E-state index contributed by atoms with van der Waals surface area (Å²) in [5.41, 5.74) is 4.34. The van der Waals surface area contributed by atoms with Gasteiger partial charge in [0.25, 0.3) is 0 Å². The lowest BCUT2D eigenvalue weighted by Gasteiger charge is -2.37. The number of halogens is 3. The first kappa shape index (κ1) is 19.5. The number of alkyl halides is 3. The second kappa shape index (κ2) is 5.60. The van der Waals surface area contributed by atoms with Crippen molar-refractivity contribution >= 4 is 17.7 Å². The second-order valence-electron chi connectivity index (χ2n) is 8.56. The molecule has 9 heteroatoms. The van der Waals surface area contributed by atoms with Crippen molar-refractivity contribution in [1.82, 2.24) is 10.2 Å². The Morgan fingerprint density at radius 3 is 2.12 bits per heavy atom. The van der Waals surface area contributed by atoms with Gasteiger partial charge in [0.05, 0.1) is 0 Å². The summed E-state index contributed by atoms with van der Waals surface area (Å²) in [4.78, 5) is 37.3. The van der Waals surface area contributed by atoms with Crippen LogP contribution in [0.15, 0.2) is 0 Å². The minimum Gasteiger partial charge on any atom is -0.368 e. The molecule has 142 valence electrons. The van der Waals surface area contributed by atoms with Gasteiger partial charge in [-0.1, -0.05) is 34.6 Å². The number of hydrogen-bond acceptors (Lipinski definition) is 3. The highest BCUT2D eigenvalue weighted by atomic mass is 19.4. The van der Waals surface area contributed by atoms with E-state index in [1.54, 1.807) is 26.1 Å². The zero-order chi connectivity index (χ0) is 19.5. The minimum absolute atomic E-state index is 0.0767. The Morgan fingerprint density at radius 1 is 1.20 bits per heavy atom. The van der Waals surface area contributed by atoms with Crippen molar-refractivity contribution < 1.29 is 27.6 Å². The van der Waals surface area contributed by atoms with Crippen LogP contribution in [-0.4, -0.2) is 47.4 Å². The predicted octanol–water partition coefficient (Wildman–Crippen LogP) is 1.05. The molecule has 0 aromatic carbocycles. The van der Waals surface area contributed by atoms with Gasteiger partial charge in [-0.05, 0) is 22.7 Å². The Morgan fingerprint density at radius 2 is 1.72 bits per heavy atom. The number of amides is 3. The molecule has 0 radical (unpaired) electrons. The van der Waals surface area contributed by atoms with Gasteiger partial charge in [0.2, 0.25) is 11.8 Å². The molecule has 4 atom stereocenters. The molecule has 0 bridgehead atoms. The number of nitrogens with zero attached hydrogens (tertiary/aromatic N) is 1. The van der Waals surface area contributed by atoms with Crippen LogP contribution in [0.25, 0.3) is 0 Å². The number of piperidine rings is 1. The van der Waals surface area contributed by atoms with E-state index < -0.39 is 41.4 Å². The smallest absolute Gasteiger partial charge is 0.368 e. The van der Waals surface area contributed by atoms with Crippen molar-refractivity contribution in [2.24, 2.45) is 28.4 Å². The average Bonchev–Trinajstić information content (AvgIpc) is 2.82. The largest absolute Gasteiger partial charge is 0.471 e. The molecule has 3 amide bonds. The van der Waals surface area contributed by atoms with Gasteiger partial charge in [0, 0.05) is 6.54 Å². The molecule has 1 saturated heterocycles. The second-order valence-corrected chi connectivity index (χ2v) is 8.56. The van der Waals surface area contributed by atoms with Gasteiger partial charge in [0.15, 0.2) is 0 Å². The predicted molar refractivity (Wildman–Crippen MR) is 82.9 cm³/mol. The lowest BCUT2D eigenvalue weighted by molar-refractivity contribution is -0.176. The Labute approximate surface area is 144 Å². The quantitative estimate of drug-likeness (QED) is 0.785. The Kier molecular flexibility index (Phi) is 4.38. The average molecular weight is 363 g/mol. The minimum atomic E-state index is -5.10. The molecule has 1 saturated carbocycles. The molecule has 0 aromatic rings. The number of nitrogens with one attached hydrogen (secondary N) is 1. The molecule has 1 heterocycles. The van der Waals surface area contributed by atoms with E-state index in [-0.39, 0.29) is 23.8 Å². The van der Waals surface area contributed by atoms with Crippen LogP contribution < -0.4 is 11.1 Å². The van der Waals surface area contributed by atoms with Gasteiger partial charge in [0.1, 0.15) is 12.1 Å². The van der Waals surface area contributed by atoms with Crippen molar-refractivity contribution in [3.05, 3.63) is 0 Å². The van der Waals surface area contributed by atoms with Crippen LogP contribution in [0, 0.1) is 22.7 Å². The van der Waals surface area contributed by atoms with Gasteiger partial charge in [-0.2, -0.15) is 13.2 Å². The maximum atomic E-state index is 12.9. The molecule has 2 aliphatic rings. The van der Waals surface area contributed by atoms with E-state index in [4.69, 9.17) is 5.73 Å². The van der Waals surface area contributed by atoms with Gasteiger partial charge in [-0.25, -0.2) is 0 Å². The molecular weight excluding hydrogens is 339 g/mol. The number of fused-ring (bicyclic) bond motifs is 1. The molecule has 0 spiro atoms. The molecule has 0 unspecified atom stereocenters.